The molecule has 0 spiro atoms. The van der Waals surface area contributed by atoms with Crippen molar-refractivity contribution in [2.75, 3.05) is 6.54 Å². The fourth-order valence-corrected chi connectivity index (χ4v) is 2.24. The highest BCUT2D eigenvalue weighted by Crippen LogP contribution is 2.33. The number of hydrogen-bond acceptors (Lipinski definition) is 3. The second-order valence-corrected chi connectivity index (χ2v) is 6.09. The van der Waals surface area contributed by atoms with Gasteiger partial charge >= 0.3 is 12.1 Å². The second kappa shape index (κ2) is 4.37. The maximum atomic E-state index is 11.9. The summed E-state index contributed by atoms with van der Waals surface area (Å²) in [4.78, 5) is 24.3. The number of nitrogens with zero attached hydrogens (tertiary/aromatic N) is 1. The van der Waals surface area contributed by atoms with E-state index in [1.165, 1.54) is 11.8 Å². The molecule has 1 amide bonds. The van der Waals surface area contributed by atoms with E-state index in [1.807, 2.05) is 0 Å². The van der Waals surface area contributed by atoms with Crippen molar-refractivity contribution in [3.63, 3.8) is 0 Å². The number of amides is 1. The van der Waals surface area contributed by atoms with Gasteiger partial charge < -0.3 is 9.84 Å². The fraction of sp³-hybridized carbons (Fsp3) is 0.818. The van der Waals surface area contributed by atoms with Gasteiger partial charge in [-0.15, -0.1) is 11.6 Å². The molecule has 1 aliphatic heterocycles. The van der Waals surface area contributed by atoms with Crippen LogP contribution in [0.3, 0.4) is 0 Å². The number of likely N-dealkylation sites (tertiary alicyclic amines) is 1. The van der Waals surface area contributed by atoms with Crippen molar-refractivity contribution in [2.45, 2.75) is 50.6 Å². The van der Waals surface area contributed by atoms with E-state index in [9.17, 15) is 14.7 Å². The molecule has 0 aliphatic carbocycles. The number of ether oxygens (including phenoxy) is 1. The number of carboxylic acids is 1. The van der Waals surface area contributed by atoms with Gasteiger partial charge in [-0.3, -0.25) is 4.90 Å². The molecule has 1 saturated heterocycles. The Morgan fingerprint density at radius 3 is 2.41 bits per heavy atom. The van der Waals surface area contributed by atoms with Crippen LogP contribution in [0.4, 0.5) is 4.79 Å². The highest BCUT2D eigenvalue weighted by Gasteiger charge is 2.51. The zero-order valence-electron chi connectivity index (χ0n) is 10.5. The lowest BCUT2D eigenvalue weighted by Crippen LogP contribution is -2.52. The molecule has 1 aliphatic rings. The van der Waals surface area contributed by atoms with Crippen molar-refractivity contribution in [3.05, 3.63) is 0 Å². The quantitative estimate of drug-likeness (QED) is 0.736. The van der Waals surface area contributed by atoms with Gasteiger partial charge in [0.15, 0.2) is 0 Å². The zero-order chi connectivity index (χ0) is 13.4. The van der Waals surface area contributed by atoms with E-state index in [0.29, 0.717) is 0 Å². The van der Waals surface area contributed by atoms with Gasteiger partial charge in [0.05, 0.1) is 5.38 Å². The topological polar surface area (TPSA) is 66.8 Å². The zero-order valence-corrected chi connectivity index (χ0v) is 11.2. The predicted molar refractivity (Wildman–Crippen MR) is 63.2 cm³/mol. The van der Waals surface area contributed by atoms with E-state index in [4.69, 9.17) is 16.3 Å². The Bertz CT molecular complexity index is 339. The number of carbonyl (C=O) groups excluding carboxylic acids is 1. The van der Waals surface area contributed by atoms with Gasteiger partial charge in [0, 0.05) is 6.54 Å². The summed E-state index contributed by atoms with van der Waals surface area (Å²) in [6.07, 6.45) is -0.408. The van der Waals surface area contributed by atoms with Crippen LogP contribution in [0.25, 0.3) is 0 Å². The Labute approximate surface area is 106 Å². The summed E-state index contributed by atoms with van der Waals surface area (Å²) in [5, 5.41) is 8.84. The Hall–Kier alpha value is -0.970. The third-order valence-electron chi connectivity index (χ3n) is 2.67. The van der Waals surface area contributed by atoms with Gasteiger partial charge in [0.25, 0.3) is 0 Å². The van der Waals surface area contributed by atoms with Crippen molar-refractivity contribution < 1.29 is 19.4 Å². The van der Waals surface area contributed by atoms with Crippen molar-refractivity contribution >= 4 is 23.7 Å². The smallest absolute Gasteiger partial charge is 0.411 e. The summed E-state index contributed by atoms with van der Waals surface area (Å²) >= 11 is 5.94. The van der Waals surface area contributed by atoms with Crippen LogP contribution in [0.15, 0.2) is 0 Å². The van der Waals surface area contributed by atoms with E-state index < -0.39 is 23.2 Å². The van der Waals surface area contributed by atoms with Gasteiger partial charge in [-0.2, -0.15) is 0 Å². The molecule has 0 radical (unpaired) electrons. The van der Waals surface area contributed by atoms with E-state index in [0.717, 1.165) is 0 Å². The molecule has 1 rings (SSSR count). The average Bonchev–Trinajstić information content (AvgIpc) is 2.40. The van der Waals surface area contributed by atoms with E-state index in [1.54, 1.807) is 20.8 Å². The Balaban J connectivity index is 2.88. The van der Waals surface area contributed by atoms with Crippen LogP contribution in [0.1, 0.15) is 34.1 Å². The van der Waals surface area contributed by atoms with Gasteiger partial charge in [0.2, 0.25) is 0 Å². The first-order chi connectivity index (χ1) is 7.56. The Kier molecular flexibility index (Phi) is 3.62. The SMILES string of the molecule is CC(C)(C)OC(=O)N1C[C@H](Cl)C[C@@]1(C)C(=O)O. The molecule has 0 saturated carbocycles. The minimum Gasteiger partial charge on any atom is -0.480 e. The largest absolute Gasteiger partial charge is 0.480 e. The van der Waals surface area contributed by atoms with Crippen LogP contribution < -0.4 is 0 Å². The third-order valence-corrected chi connectivity index (χ3v) is 2.96. The molecule has 5 nitrogen and oxygen atoms in total. The van der Waals surface area contributed by atoms with Gasteiger partial charge in [0.1, 0.15) is 11.1 Å². The monoisotopic (exact) mass is 263 g/mol. The van der Waals surface area contributed by atoms with Crippen LogP contribution in [0, 0.1) is 0 Å². The summed E-state index contributed by atoms with van der Waals surface area (Å²) in [5.41, 5.74) is -1.93. The highest BCUT2D eigenvalue weighted by molar-refractivity contribution is 6.21. The molecule has 0 aromatic rings. The number of carboxylic acid groups (broad SMARTS) is 1. The summed E-state index contributed by atoms with van der Waals surface area (Å²) < 4.78 is 5.18. The Morgan fingerprint density at radius 2 is 2.00 bits per heavy atom. The van der Waals surface area contributed by atoms with Crippen LogP contribution in [0.2, 0.25) is 0 Å². The third kappa shape index (κ3) is 3.03. The number of halogens is 1. The highest BCUT2D eigenvalue weighted by atomic mass is 35.5. The lowest BCUT2D eigenvalue weighted by atomic mass is 10.00. The molecular weight excluding hydrogens is 246 g/mol. The number of carbonyl (C=O) groups is 2. The molecule has 17 heavy (non-hydrogen) atoms. The normalized spacial score (nSPS) is 29.2. The van der Waals surface area contributed by atoms with Crippen molar-refractivity contribution in [2.24, 2.45) is 0 Å². The minimum atomic E-state index is -1.28. The molecule has 2 atom stereocenters. The summed E-state index contributed by atoms with van der Waals surface area (Å²) in [6.45, 7) is 6.88. The molecule has 0 aromatic carbocycles. The van der Waals surface area contributed by atoms with E-state index >= 15 is 0 Å². The number of alkyl halides is 1. The molecule has 0 unspecified atom stereocenters. The molecule has 0 bridgehead atoms. The molecule has 98 valence electrons. The molecule has 1 fully saturated rings. The van der Waals surface area contributed by atoms with Crippen LogP contribution in [-0.4, -0.2) is 45.1 Å². The van der Waals surface area contributed by atoms with Crippen LogP contribution in [-0.2, 0) is 9.53 Å². The summed E-state index contributed by atoms with van der Waals surface area (Å²) in [5.74, 6) is -1.06. The van der Waals surface area contributed by atoms with E-state index in [2.05, 4.69) is 0 Å². The van der Waals surface area contributed by atoms with Crippen LogP contribution >= 0.6 is 11.6 Å². The molecule has 0 aromatic heterocycles. The lowest BCUT2D eigenvalue weighted by Gasteiger charge is -2.32. The number of hydrogen-bond donors (Lipinski definition) is 1. The van der Waals surface area contributed by atoms with Gasteiger partial charge in [-0.25, -0.2) is 9.59 Å². The lowest BCUT2D eigenvalue weighted by molar-refractivity contribution is -0.148. The van der Waals surface area contributed by atoms with E-state index in [-0.39, 0.29) is 18.3 Å². The van der Waals surface area contributed by atoms with Gasteiger partial charge in [-0.1, -0.05) is 0 Å². The van der Waals surface area contributed by atoms with Crippen molar-refractivity contribution in [1.29, 1.82) is 0 Å². The average molecular weight is 264 g/mol. The molecular formula is C11H18ClNO4. The standard InChI is InChI=1S/C11H18ClNO4/c1-10(2,3)17-9(16)13-6-7(12)5-11(13,4)8(14)15/h7H,5-6H2,1-4H3,(H,14,15)/t7-,11+/m1/s1. The minimum absolute atomic E-state index is 0.194. The van der Waals surface area contributed by atoms with Gasteiger partial charge in [-0.05, 0) is 34.1 Å². The maximum Gasteiger partial charge on any atom is 0.411 e. The Morgan fingerprint density at radius 1 is 1.47 bits per heavy atom. The first-order valence-corrected chi connectivity index (χ1v) is 5.88. The number of aliphatic carboxylic acids is 1. The second-order valence-electron chi connectivity index (χ2n) is 5.47. The van der Waals surface area contributed by atoms with Crippen LogP contribution in [0.5, 0.6) is 0 Å². The molecule has 6 heteroatoms. The first-order valence-electron chi connectivity index (χ1n) is 5.44. The van der Waals surface area contributed by atoms with Crippen molar-refractivity contribution in [1.82, 2.24) is 4.90 Å². The fourth-order valence-electron chi connectivity index (χ4n) is 1.80. The summed E-state index contributed by atoms with van der Waals surface area (Å²) in [7, 11) is 0. The maximum absolute atomic E-state index is 11.9. The predicted octanol–water partition coefficient (Wildman–Crippen LogP) is 2.08. The summed E-state index contributed by atoms with van der Waals surface area (Å²) in [6, 6.07) is 0. The molecule has 1 heterocycles. The van der Waals surface area contributed by atoms with Crippen molar-refractivity contribution in [3.8, 4) is 0 Å². The first kappa shape index (κ1) is 14.1. The number of rotatable bonds is 1. The molecule has 1 N–H and O–H groups in total.